The molecule has 0 N–H and O–H groups in total. The van der Waals surface area contributed by atoms with E-state index in [4.69, 9.17) is 0 Å². The summed E-state index contributed by atoms with van der Waals surface area (Å²) in [6, 6.07) is 0. The van der Waals surface area contributed by atoms with E-state index < -0.39 is 0 Å². The van der Waals surface area contributed by atoms with Gasteiger partial charge in [0.2, 0.25) is 0 Å². The van der Waals surface area contributed by atoms with Crippen LogP contribution in [-0.4, -0.2) is 29.6 Å². The molecule has 0 aliphatic carbocycles. The molecule has 148 valence electrons. The molecule has 1 heterocycles. The molecule has 25 heavy (non-hydrogen) atoms. The highest BCUT2D eigenvalue weighted by atomic mass is 15.4. The Morgan fingerprint density at radius 2 is 1.08 bits per heavy atom. The lowest BCUT2D eigenvalue weighted by atomic mass is 10.1. The lowest BCUT2D eigenvalue weighted by Crippen LogP contribution is -2.37. The molecule has 0 aromatic carbocycles. The molecule has 0 saturated carbocycles. The fraction of sp³-hybridized carbons (Fsp3) is 0.913. The number of hydrogen-bond donors (Lipinski definition) is 0. The van der Waals surface area contributed by atoms with Crippen LogP contribution in [0.25, 0.3) is 0 Å². The highest BCUT2D eigenvalue weighted by Gasteiger charge is 2.22. The van der Waals surface area contributed by atoms with Gasteiger partial charge in [-0.1, -0.05) is 97.3 Å². The first-order chi connectivity index (χ1) is 12.3. The van der Waals surface area contributed by atoms with Crippen molar-refractivity contribution in [1.29, 1.82) is 0 Å². The topological polar surface area (TPSA) is 6.48 Å². The summed E-state index contributed by atoms with van der Waals surface area (Å²) in [6.07, 6.45) is 27.7. The number of rotatable bonds is 17. The molecule has 0 spiro atoms. The van der Waals surface area contributed by atoms with E-state index in [2.05, 4.69) is 43.1 Å². The first-order valence-electron chi connectivity index (χ1n) is 11.5. The van der Waals surface area contributed by atoms with E-state index in [1.54, 1.807) is 0 Å². The van der Waals surface area contributed by atoms with Crippen LogP contribution < -0.4 is 0 Å². The van der Waals surface area contributed by atoms with Crippen molar-refractivity contribution in [2.45, 2.75) is 123 Å². The van der Waals surface area contributed by atoms with Crippen molar-refractivity contribution in [3.63, 3.8) is 0 Å². The molecule has 0 saturated heterocycles. The molecule has 2 heteroatoms. The van der Waals surface area contributed by atoms with Crippen LogP contribution >= 0.6 is 0 Å². The van der Waals surface area contributed by atoms with E-state index in [-0.39, 0.29) is 0 Å². The Balaban J connectivity index is 2.03. The van der Waals surface area contributed by atoms with Crippen LogP contribution in [0.4, 0.5) is 0 Å². The van der Waals surface area contributed by atoms with Gasteiger partial charge in [0, 0.05) is 26.0 Å². The third-order valence-corrected chi connectivity index (χ3v) is 5.68. The Bertz CT molecular complexity index is 313. The van der Waals surface area contributed by atoms with Crippen LogP contribution in [0.2, 0.25) is 0 Å². The predicted molar refractivity (Wildman–Crippen MR) is 113 cm³/mol. The van der Waals surface area contributed by atoms with Crippen LogP contribution in [0.3, 0.4) is 0 Å². The predicted octanol–water partition coefficient (Wildman–Crippen LogP) is 7.31. The maximum Gasteiger partial charge on any atom is 0.100 e. The minimum atomic E-state index is 0.625. The molecule has 1 aliphatic heterocycles. The Morgan fingerprint density at radius 3 is 1.64 bits per heavy atom. The summed E-state index contributed by atoms with van der Waals surface area (Å²) in [4.78, 5) is 5.01. The SMILES string of the molecule is CCCCCCCCCCN1C=CN(C)C1CCCCCCCCC. The molecule has 1 aliphatic rings. The first-order valence-corrected chi connectivity index (χ1v) is 11.5. The second-order valence-corrected chi connectivity index (χ2v) is 8.07. The lowest BCUT2D eigenvalue weighted by molar-refractivity contribution is 0.159. The summed E-state index contributed by atoms with van der Waals surface area (Å²) in [5.41, 5.74) is 0. The Hall–Kier alpha value is -0.660. The fourth-order valence-corrected chi connectivity index (χ4v) is 3.93. The van der Waals surface area contributed by atoms with Crippen molar-refractivity contribution in [3.8, 4) is 0 Å². The van der Waals surface area contributed by atoms with Gasteiger partial charge in [-0.25, -0.2) is 0 Å². The van der Waals surface area contributed by atoms with Gasteiger partial charge in [0.05, 0.1) is 0 Å². The summed E-state index contributed by atoms with van der Waals surface area (Å²) in [6.45, 7) is 5.84. The van der Waals surface area contributed by atoms with Crippen molar-refractivity contribution in [2.75, 3.05) is 13.6 Å². The summed E-state index contributed by atoms with van der Waals surface area (Å²) in [5.74, 6) is 0. The molecule has 0 aromatic heterocycles. The second kappa shape index (κ2) is 15.6. The zero-order valence-corrected chi connectivity index (χ0v) is 17.6. The van der Waals surface area contributed by atoms with Gasteiger partial charge in [0.1, 0.15) is 6.17 Å². The van der Waals surface area contributed by atoms with Gasteiger partial charge in [-0.2, -0.15) is 0 Å². The van der Waals surface area contributed by atoms with E-state index in [0.29, 0.717) is 6.17 Å². The average Bonchev–Trinajstić information content (AvgIpc) is 2.96. The van der Waals surface area contributed by atoms with Crippen molar-refractivity contribution < 1.29 is 0 Å². The number of hydrogen-bond acceptors (Lipinski definition) is 2. The standard InChI is InChI=1S/C23H46N2/c1-4-6-8-10-12-14-16-18-20-25-22-21-24(3)23(25)19-17-15-13-11-9-7-5-2/h21-23H,4-20H2,1-3H3. The Morgan fingerprint density at radius 1 is 0.600 bits per heavy atom. The van der Waals surface area contributed by atoms with Crippen molar-refractivity contribution in [1.82, 2.24) is 9.80 Å². The molecular formula is C23H46N2. The van der Waals surface area contributed by atoms with E-state index in [1.807, 2.05) is 0 Å². The highest BCUT2D eigenvalue weighted by Crippen LogP contribution is 2.21. The van der Waals surface area contributed by atoms with Gasteiger partial charge in [-0.3, -0.25) is 0 Å². The van der Waals surface area contributed by atoms with Crippen molar-refractivity contribution >= 4 is 0 Å². The largest absolute Gasteiger partial charge is 0.359 e. The quantitative estimate of drug-likeness (QED) is 0.254. The van der Waals surface area contributed by atoms with Gasteiger partial charge in [0.15, 0.2) is 0 Å². The smallest absolute Gasteiger partial charge is 0.100 e. The molecule has 0 fully saturated rings. The van der Waals surface area contributed by atoms with E-state index >= 15 is 0 Å². The van der Waals surface area contributed by atoms with E-state index in [0.717, 1.165) is 0 Å². The average molecular weight is 351 g/mol. The van der Waals surface area contributed by atoms with Crippen molar-refractivity contribution in [3.05, 3.63) is 12.4 Å². The van der Waals surface area contributed by atoms with E-state index in [1.165, 1.54) is 109 Å². The molecule has 1 unspecified atom stereocenters. The summed E-state index contributed by atoms with van der Waals surface area (Å²) >= 11 is 0. The van der Waals surface area contributed by atoms with Gasteiger partial charge in [-0.15, -0.1) is 0 Å². The van der Waals surface area contributed by atoms with Gasteiger partial charge in [-0.05, 0) is 19.3 Å². The molecule has 2 nitrogen and oxygen atoms in total. The molecule has 1 atom stereocenters. The summed E-state index contributed by atoms with van der Waals surface area (Å²) < 4.78 is 0. The third-order valence-electron chi connectivity index (χ3n) is 5.68. The minimum Gasteiger partial charge on any atom is -0.359 e. The first kappa shape index (κ1) is 22.4. The van der Waals surface area contributed by atoms with Crippen LogP contribution in [0, 0.1) is 0 Å². The van der Waals surface area contributed by atoms with Crippen LogP contribution in [0.1, 0.15) is 117 Å². The molecule has 0 aromatic rings. The Labute approximate surface area is 159 Å². The van der Waals surface area contributed by atoms with Gasteiger partial charge < -0.3 is 9.80 Å². The number of unbranched alkanes of at least 4 members (excludes halogenated alkanes) is 13. The highest BCUT2D eigenvalue weighted by molar-refractivity contribution is 4.95. The third kappa shape index (κ3) is 10.8. The monoisotopic (exact) mass is 350 g/mol. The fourth-order valence-electron chi connectivity index (χ4n) is 3.93. The van der Waals surface area contributed by atoms with E-state index in [9.17, 15) is 0 Å². The normalized spacial score (nSPS) is 17.0. The number of nitrogens with zero attached hydrogens (tertiary/aromatic N) is 2. The minimum absolute atomic E-state index is 0.625. The van der Waals surface area contributed by atoms with Crippen molar-refractivity contribution in [2.24, 2.45) is 0 Å². The molecular weight excluding hydrogens is 304 g/mol. The maximum absolute atomic E-state index is 2.59. The van der Waals surface area contributed by atoms with Gasteiger partial charge in [0.25, 0.3) is 0 Å². The summed E-state index contributed by atoms with van der Waals surface area (Å²) in [7, 11) is 2.25. The molecule has 0 amide bonds. The molecule has 0 radical (unpaired) electrons. The van der Waals surface area contributed by atoms with Crippen LogP contribution in [0.15, 0.2) is 12.4 Å². The second-order valence-electron chi connectivity index (χ2n) is 8.07. The zero-order chi connectivity index (χ0) is 18.2. The molecule has 1 rings (SSSR count). The van der Waals surface area contributed by atoms with Crippen LogP contribution in [-0.2, 0) is 0 Å². The summed E-state index contributed by atoms with van der Waals surface area (Å²) in [5, 5.41) is 0. The van der Waals surface area contributed by atoms with Crippen LogP contribution in [0.5, 0.6) is 0 Å². The lowest BCUT2D eigenvalue weighted by Gasteiger charge is -2.30. The maximum atomic E-state index is 2.59. The molecule has 0 bridgehead atoms. The zero-order valence-electron chi connectivity index (χ0n) is 17.6. The Kier molecular flexibility index (Phi) is 14.0. The van der Waals surface area contributed by atoms with Gasteiger partial charge >= 0.3 is 0 Å².